The molecule has 0 aliphatic rings. The zero-order valence-corrected chi connectivity index (χ0v) is 15.6. The van der Waals surface area contributed by atoms with Crippen molar-refractivity contribution < 1.29 is 18.3 Å². The Morgan fingerprint density at radius 2 is 1.76 bits per heavy atom. The summed E-state index contributed by atoms with van der Waals surface area (Å²) in [6, 6.07) is 13.2. The van der Waals surface area contributed by atoms with Gasteiger partial charge in [-0.25, -0.2) is 12.7 Å². The van der Waals surface area contributed by atoms with Crippen LogP contribution in [-0.4, -0.2) is 43.6 Å². The van der Waals surface area contributed by atoms with Gasteiger partial charge in [0.1, 0.15) is 5.75 Å². The van der Waals surface area contributed by atoms with Crippen LogP contribution < -0.4 is 5.32 Å². The summed E-state index contributed by atoms with van der Waals surface area (Å²) < 4.78 is 25.8. The molecule has 0 radical (unpaired) electrons. The van der Waals surface area contributed by atoms with Gasteiger partial charge < -0.3 is 10.4 Å². The first-order valence-corrected chi connectivity index (χ1v) is 9.92. The van der Waals surface area contributed by atoms with Crippen LogP contribution >= 0.6 is 11.8 Å². The molecule has 0 aliphatic carbocycles. The van der Waals surface area contributed by atoms with Gasteiger partial charge >= 0.3 is 0 Å². The predicted molar refractivity (Wildman–Crippen MR) is 98.0 cm³/mol. The summed E-state index contributed by atoms with van der Waals surface area (Å²) in [4.78, 5) is 13.1. The Hall–Kier alpha value is -2.03. The van der Waals surface area contributed by atoms with E-state index in [2.05, 4.69) is 5.32 Å². The maximum absolute atomic E-state index is 12.3. The molecule has 2 aromatic rings. The largest absolute Gasteiger partial charge is 0.508 e. The van der Waals surface area contributed by atoms with E-state index in [0.29, 0.717) is 5.56 Å². The SMILES string of the molecule is CN(C)S(=O)(=O)c1ccccc1CNC(=O)CSc1ccc(O)cc1. The van der Waals surface area contributed by atoms with Crippen LogP contribution in [0.2, 0.25) is 0 Å². The van der Waals surface area contributed by atoms with Gasteiger partial charge in [-0.05, 0) is 35.9 Å². The molecular formula is C17H20N2O4S2. The minimum absolute atomic E-state index is 0.137. The number of phenolic OH excluding ortho intramolecular Hbond substituents is 1. The molecule has 0 spiro atoms. The third kappa shape index (κ3) is 5.22. The van der Waals surface area contributed by atoms with Crippen molar-refractivity contribution in [3.05, 3.63) is 54.1 Å². The Morgan fingerprint density at radius 1 is 1.12 bits per heavy atom. The molecule has 6 nitrogen and oxygen atoms in total. The van der Waals surface area contributed by atoms with Gasteiger partial charge in [0, 0.05) is 25.5 Å². The van der Waals surface area contributed by atoms with Crippen LogP contribution in [0.5, 0.6) is 5.75 Å². The minimum atomic E-state index is -3.56. The molecule has 2 N–H and O–H groups in total. The summed E-state index contributed by atoms with van der Waals surface area (Å²) in [6.07, 6.45) is 0. The molecule has 0 atom stereocenters. The number of amides is 1. The molecule has 0 saturated carbocycles. The van der Waals surface area contributed by atoms with E-state index in [4.69, 9.17) is 0 Å². The fourth-order valence-corrected chi connectivity index (χ4v) is 3.88. The average Bonchev–Trinajstić information content (AvgIpc) is 2.59. The lowest BCUT2D eigenvalue weighted by Crippen LogP contribution is -2.27. The van der Waals surface area contributed by atoms with Crippen molar-refractivity contribution in [1.82, 2.24) is 9.62 Å². The van der Waals surface area contributed by atoms with Gasteiger partial charge in [-0.2, -0.15) is 0 Å². The van der Waals surface area contributed by atoms with E-state index in [1.807, 2.05) is 0 Å². The topological polar surface area (TPSA) is 86.7 Å². The third-order valence-corrected chi connectivity index (χ3v) is 6.34. The highest BCUT2D eigenvalue weighted by atomic mass is 32.2. The highest BCUT2D eigenvalue weighted by molar-refractivity contribution is 8.00. The number of hydrogen-bond acceptors (Lipinski definition) is 5. The number of benzene rings is 2. The molecular weight excluding hydrogens is 360 g/mol. The molecule has 8 heteroatoms. The third-order valence-electron chi connectivity index (χ3n) is 3.41. The average molecular weight is 380 g/mol. The summed E-state index contributed by atoms with van der Waals surface area (Å²) >= 11 is 1.34. The molecule has 0 aliphatic heterocycles. The summed E-state index contributed by atoms with van der Waals surface area (Å²) in [5.74, 6) is 0.176. The quantitative estimate of drug-likeness (QED) is 0.718. The van der Waals surface area contributed by atoms with Gasteiger partial charge in [0.15, 0.2) is 0 Å². The van der Waals surface area contributed by atoms with Crippen LogP contribution in [0.4, 0.5) is 0 Å². The van der Waals surface area contributed by atoms with E-state index >= 15 is 0 Å². The fourth-order valence-electron chi connectivity index (χ4n) is 2.03. The normalized spacial score (nSPS) is 11.5. The number of phenols is 1. The fraction of sp³-hybridized carbons (Fsp3) is 0.235. The maximum atomic E-state index is 12.3. The summed E-state index contributed by atoms with van der Waals surface area (Å²) in [7, 11) is -0.619. The van der Waals surface area contributed by atoms with Gasteiger partial charge in [0.05, 0.1) is 10.6 Å². The van der Waals surface area contributed by atoms with Crippen LogP contribution in [-0.2, 0) is 21.4 Å². The molecule has 25 heavy (non-hydrogen) atoms. The first-order chi connectivity index (χ1) is 11.8. The number of thioether (sulfide) groups is 1. The first kappa shape index (κ1) is 19.3. The summed E-state index contributed by atoms with van der Waals surface area (Å²) in [5, 5.41) is 12.0. The standard InChI is InChI=1S/C17H20N2O4S2/c1-19(2)25(22,23)16-6-4-3-5-13(16)11-18-17(21)12-24-15-9-7-14(20)8-10-15/h3-10,20H,11-12H2,1-2H3,(H,18,21). The van der Waals surface area contributed by atoms with Crippen LogP contribution in [0.1, 0.15) is 5.56 Å². The molecule has 2 rings (SSSR count). The van der Waals surface area contributed by atoms with E-state index in [9.17, 15) is 18.3 Å². The lowest BCUT2D eigenvalue weighted by atomic mass is 10.2. The number of carbonyl (C=O) groups excluding carboxylic acids is 1. The number of aromatic hydroxyl groups is 1. The number of carbonyl (C=O) groups is 1. The van der Waals surface area contributed by atoms with E-state index in [1.165, 1.54) is 31.9 Å². The van der Waals surface area contributed by atoms with E-state index in [-0.39, 0.29) is 28.8 Å². The minimum Gasteiger partial charge on any atom is -0.508 e. The highest BCUT2D eigenvalue weighted by Crippen LogP contribution is 2.21. The van der Waals surface area contributed by atoms with Crippen LogP contribution in [0.25, 0.3) is 0 Å². The number of sulfonamides is 1. The summed E-state index contributed by atoms with van der Waals surface area (Å²) in [6.45, 7) is 0.137. The smallest absolute Gasteiger partial charge is 0.242 e. The van der Waals surface area contributed by atoms with Crippen molar-refractivity contribution in [3.63, 3.8) is 0 Å². The van der Waals surface area contributed by atoms with Crippen LogP contribution in [0.15, 0.2) is 58.3 Å². The second kappa shape index (κ2) is 8.37. The Kier molecular flexibility index (Phi) is 6.46. The number of rotatable bonds is 7. The monoisotopic (exact) mass is 380 g/mol. The zero-order chi connectivity index (χ0) is 18.4. The molecule has 0 saturated heterocycles. The molecule has 0 unspecified atom stereocenters. The molecule has 0 heterocycles. The Balaban J connectivity index is 1.97. The van der Waals surface area contributed by atoms with Gasteiger partial charge in [0.25, 0.3) is 0 Å². The van der Waals surface area contributed by atoms with Crippen molar-refractivity contribution in [2.75, 3.05) is 19.8 Å². The Bertz CT molecular complexity index is 834. The van der Waals surface area contributed by atoms with Gasteiger partial charge in [-0.15, -0.1) is 11.8 Å². The summed E-state index contributed by atoms with van der Waals surface area (Å²) in [5.41, 5.74) is 0.541. The second-order valence-corrected chi connectivity index (χ2v) is 8.62. The van der Waals surface area contributed by atoms with Crippen molar-refractivity contribution in [1.29, 1.82) is 0 Å². The predicted octanol–water partition coefficient (Wildman–Crippen LogP) is 2.05. The number of hydrogen-bond donors (Lipinski definition) is 2. The van der Waals surface area contributed by atoms with Crippen molar-refractivity contribution in [2.45, 2.75) is 16.3 Å². The van der Waals surface area contributed by atoms with E-state index in [1.54, 1.807) is 42.5 Å². The lowest BCUT2D eigenvalue weighted by Gasteiger charge is -2.15. The van der Waals surface area contributed by atoms with E-state index in [0.717, 1.165) is 9.20 Å². The first-order valence-electron chi connectivity index (χ1n) is 7.49. The highest BCUT2D eigenvalue weighted by Gasteiger charge is 2.20. The molecule has 134 valence electrons. The van der Waals surface area contributed by atoms with E-state index < -0.39 is 10.0 Å². The van der Waals surface area contributed by atoms with Gasteiger partial charge in [0.2, 0.25) is 15.9 Å². The van der Waals surface area contributed by atoms with Gasteiger partial charge in [-0.3, -0.25) is 4.79 Å². The Labute approximate surface area is 151 Å². The van der Waals surface area contributed by atoms with Crippen molar-refractivity contribution >= 4 is 27.7 Å². The molecule has 1 amide bonds. The second-order valence-electron chi connectivity index (χ2n) is 5.45. The Morgan fingerprint density at radius 3 is 2.40 bits per heavy atom. The molecule has 2 aromatic carbocycles. The zero-order valence-electron chi connectivity index (χ0n) is 14.0. The number of nitrogens with one attached hydrogen (secondary N) is 1. The van der Waals surface area contributed by atoms with Gasteiger partial charge in [-0.1, -0.05) is 18.2 Å². The van der Waals surface area contributed by atoms with Crippen molar-refractivity contribution in [2.24, 2.45) is 0 Å². The van der Waals surface area contributed by atoms with Crippen molar-refractivity contribution in [3.8, 4) is 5.75 Å². The van der Waals surface area contributed by atoms with Crippen LogP contribution in [0.3, 0.4) is 0 Å². The molecule has 0 bridgehead atoms. The van der Waals surface area contributed by atoms with Crippen LogP contribution in [0, 0.1) is 0 Å². The molecule has 0 aromatic heterocycles. The lowest BCUT2D eigenvalue weighted by molar-refractivity contribution is -0.118. The maximum Gasteiger partial charge on any atom is 0.242 e. The molecule has 0 fully saturated rings. The number of nitrogens with zero attached hydrogens (tertiary/aromatic N) is 1.